The fourth-order valence-electron chi connectivity index (χ4n) is 1.57. The highest BCUT2D eigenvalue weighted by molar-refractivity contribution is 14.1. The lowest BCUT2D eigenvalue weighted by Crippen LogP contribution is -2.32. The van der Waals surface area contributed by atoms with Crippen molar-refractivity contribution in [2.45, 2.75) is 11.4 Å². The summed E-state index contributed by atoms with van der Waals surface area (Å²) in [6, 6.07) is 7.31. The highest BCUT2D eigenvalue weighted by Gasteiger charge is 2.17. The van der Waals surface area contributed by atoms with Crippen molar-refractivity contribution in [2.75, 3.05) is 0 Å². The second kappa shape index (κ2) is 5.70. The first kappa shape index (κ1) is 15.3. The molecule has 0 aliphatic carbocycles. The molecule has 0 aliphatic rings. The van der Waals surface area contributed by atoms with Crippen LogP contribution in [-0.2, 0) is 15.6 Å². The van der Waals surface area contributed by atoms with Crippen LogP contribution in [0.25, 0.3) is 0 Å². The number of aromatic nitrogens is 2. The van der Waals surface area contributed by atoms with E-state index in [-0.39, 0.29) is 6.54 Å². The van der Waals surface area contributed by atoms with Crippen molar-refractivity contribution >= 4 is 42.3 Å². The van der Waals surface area contributed by atoms with Crippen LogP contribution >= 0.6 is 33.3 Å². The van der Waals surface area contributed by atoms with Gasteiger partial charge in [0.2, 0.25) is 0 Å². The van der Waals surface area contributed by atoms with E-state index in [2.05, 4.69) is 22.6 Å². The Balaban J connectivity index is 2.50. The lowest BCUT2D eigenvalue weighted by atomic mass is 10.2. The van der Waals surface area contributed by atoms with Gasteiger partial charge in [0.1, 0.15) is 0 Å². The molecule has 2 rings (SSSR count). The van der Waals surface area contributed by atoms with E-state index in [4.69, 9.17) is 10.7 Å². The Bertz CT molecular complexity index is 855. The fraction of sp³-hybridized carbons (Fsp3) is 0.0909. The maximum absolute atomic E-state index is 11.7. The van der Waals surface area contributed by atoms with Crippen molar-refractivity contribution in [1.82, 2.24) is 9.55 Å². The first-order chi connectivity index (χ1) is 9.27. The molecule has 1 aromatic heterocycles. The Hall–Kier alpha value is -1.13. The van der Waals surface area contributed by atoms with E-state index in [0.717, 1.165) is 19.9 Å². The number of benzene rings is 1. The van der Waals surface area contributed by atoms with Gasteiger partial charge >= 0.3 is 5.69 Å². The van der Waals surface area contributed by atoms with Gasteiger partial charge in [-0.05, 0) is 40.3 Å². The van der Waals surface area contributed by atoms with Gasteiger partial charge in [0.05, 0.1) is 6.54 Å². The predicted octanol–water partition coefficient (Wildman–Crippen LogP) is 1.12. The lowest BCUT2D eigenvalue weighted by Gasteiger charge is -2.06. The van der Waals surface area contributed by atoms with Crippen molar-refractivity contribution < 1.29 is 8.42 Å². The molecule has 1 aromatic carbocycles. The first-order valence-electron chi connectivity index (χ1n) is 5.30. The molecule has 0 bridgehead atoms. The van der Waals surface area contributed by atoms with Gasteiger partial charge in [0.15, 0.2) is 4.90 Å². The molecule has 0 amide bonds. The molecular formula is C11H8ClIN2O4S. The van der Waals surface area contributed by atoms with Crippen LogP contribution in [0.15, 0.2) is 44.9 Å². The van der Waals surface area contributed by atoms with Gasteiger partial charge in [-0.15, -0.1) is 0 Å². The third-order valence-corrected chi connectivity index (χ3v) is 4.54. The summed E-state index contributed by atoms with van der Waals surface area (Å²) in [4.78, 5) is 24.3. The van der Waals surface area contributed by atoms with Crippen LogP contribution in [0.1, 0.15) is 5.56 Å². The molecule has 0 atom stereocenters. The van der Waals surface area contributed by atoms with Crippen molar-refractivity contribution in [3.63, 3.8) is 0 Å². The fourth-order valence-corrected chi connectivity index (χ4v) is 2.78. The zero-order chi connectivity index (χ0) is 14.9. The van der Waals surface area contributed by atoms with Crippen LogP contribution < -0.4 is 11.2 Å². The van der Waals surface area contributed by atoms with Crippen molar-refractivity contribution in [3.05, 3.63) is 60.4 Å². The summed E-state index contributed by atoms with van der Waals surface area (Å²) in [6.07, 6.45) is 0.946. The summed E-state index contributed by atoms with van der Waals surface area (Å²) in [6.45, 7) is 0.131. The molecule has 0 radical (unpaired) electrons. The van der Waals surface area contributed by atoms with Gasteiger partial charge in [-0.2, -0.15) is 0 Å². The summed E-state index contributed by atoms with van der Waals surface area (Å²) in [5.74, 6) is 0. The molecule has 0 saturated heterocycles. The zero-order valence-corrected chi connectivity index (χ0v) is 13.6. The topological polar surface area (TPSA) is 89.0 Å². The SMILES string of the molecule is O=c1[nH]c(=O)n(Cc2ccc(I)cc2)cc1S(=O)(=O)Cl. The summed E-state index contributed by atoms with van der Waals surface area (Å²) < 4.78 is 24.6. The summed E-state index contributed by atoms with van der Waals surface area (Å²) in [5.41, 5.74) is -0.932. The average molecular weight is 427 g/mol. The molecule has 6 nitrogen and oxygen atoms in total. The van der Waals surface area contributed by atoms with Gasteiger partial charge in [-0.3, -0.25) is 14.3 Å². The molecule has 1 N–H and O–H groups in total. The molecule has 0 spiro atoms. The van der Waals surface area contributed by atoms with E-state index in [0.29, 0.717) is 0 Å². The van der Waals surface area contributed by atoms with Crippen LogP contribution in [0.2, 0.25) is 0 Å². The van der Waals surface area contributed by atoms with Crippen molar-refractivity contribution in [2.24, 2.45) is 0 Å². The maximum Gasteiger partial charge on any atom is 0.328 e. The standard InChI is InChI=1S/C11H8ClIN2O4S/c12-20(18,19)9-6-15(11(17)14-10(9)16)5-7-1-3-8(13)4-2-7/h1-4,6H,5H2,(H,14,16,17). The smallest absolute Gasteiger partial charge is 0.295 e. The highest BCUT2D eigenvalue weighted by atomic mass is 127. The van der Waals surface area contributed by atoms with Gasteiger partial charge in [-0.1, -0.05) is 12.1 Å². The number of hydrogen-bond acceptors (Lipinski definition) is 4. The van der Waals surface area contributed by atoms with Crippen LogP contribution in [0.3, 0.4) is 0 Å². The summed E-state index contributed by atoms with van der Waals surface area (Å²) in [7, 11) is 0.944. The largest absolute Gasteiger partial charge is 0.328 e. The number of rotatable bonds is 3. The third-order valence-electron chi connectivity index (χ3n) is 2.51. The molecule has 9 heteroatoms. The second-order valence-electron chi connectivity index (χ2n) is 3.94. The molecule has 0 saturated carbocycles. The lowest BCUT2D eigenvalue weighted by molar-refractivity contribution is 0.603. The maximum atomic E-state index is 11.7. The monoisotopic (exact) mass is 426 g/mol. The normalized spacial score (nSPS) is 11.5. The van der Waals surface area contributed by atoms with E-state index >= 15 is 0 Å². The Kier molecular flexibility index (Phi) is 4.35. The zero-order valence-electron chi connectivity index (χ0n) is 9.84. The molecule has 0 unspecified atom stereocenters. The minimum atomic E-state index is -4.20. The number of nitrogens with zero attached hydrogens (tertiary/aromatic N) is 1. The van der Waals surface area contributed by atoms with E-state index < -0.39 is 25.2 Å². The average Bonchev–Trinajstić information content (AvgIpc) is 2.33. The molecule has 0 fully saturated rings. The number of hydrogen-bond donors (Lipinski definition) is 1. The van der Waals surface area contributed by atoms with E-state index in [9.17, 15) is 18.0 Å². The number of H-pyrrole nitrogens is 1. The van der Waals surface area contributed by atoms with Crippen LogP contribution in [-0.4, -0.2) is 18.0 Å². The highest BCUT2D eigenvalue weighted by Crippen LogP contribution is 2.10. The third kappa shape index (κ3) is 3.49. The first-order valence-corrected chi connectivity index (χ1v) is 8.69. The van der Waals surface area contributed by atoms with E-state index in [1.54, 1.807) is 12.1 Å². The van der Waals surface area contributed by atoms with Crippen molar-refractivity contribution in [1.29, 1.82) is 0 Å². The van der Waals surface area contributed by atoms with Crippen LogP contribution in [0.4, 0.5) is 0 Å². The van der Waals surface area contributed by atoms with Gasteiger partial charge < -0.3 is 0 Å². The van der Waals surface area contributed by atoms with E-state index in [1.165, 1.54) is 0 Å². The predicted molar refractivity (Wildman–Crippen MR) is 82.6 cm³/mol. The number of nitrogens with one attached hydrogen (secondary N) is 1. The Morgan fingerprint density at radius 2 is 1.80 bits per heavy atom. The Labute approximate surface area is 132 Å². The minimum Gasteiger partial charge on any atom is -0.295 e. The Morgan fingerprint density at radius 1 is 1.20 bits per heavy atom. The molecule has 1 heterocycles. The molecule has 106 valence electrons. The van der Waals surface area contributed by atoms with Gasteiger partial charge in [0, 0.05) is 20.4 Å². The van der Waals surface area contributed by atoms with E-state index in [1.807, 2.05) is 17.1 Å². The number of aromatic amines is 1. The minimum absolute atomic E-state index is 0.131. The van der Waals surface area contributed by atoms with Crippen molar-refractivity contribution in [3.8, 4) is 0 Å². The van der Waals surface area contributed by atoms with Gasteiger partial charge in [0.25, 0.3) is 14.6 Å². The molecular weight excluding hydrogens is 419 g/mol. The summed E-state index contributed by atoms with van der Waals surface area (Å²) in [5, 5.41) is 0. The quantitative estimate of drug-likeness (QED) is 0.588. The molecule has 20 heavy (non-hydrogen) atoms. The molecule has 0 aliphatic heterocycles. The molecule has 2 aromatic rings. The van der Waals surface area contributed by atoms with Crippen LogP contribution in [0.5, 0.6) is 0 Å². The van der Waals surface area contributed by atoms with Gasteiger partial charge in [-0.25, -0.2) is 13.2 Å². The summed E-state index contributed by atoms with van der Waals surface area (Å²) >= 11 is 2.14. The Morgan fingerprint density at radius 3 is 2.35 bits per heavy atom. The van der Waals surface area contributed by atoms with Crippen LogP contribution in [0, 0.1) is 3.57 Å². The number of halogens is 2. The second-order valence-corrected chi connectivity index (χ2v) is 7.72.